The van der Waals surface area contributed by atoms with Gasteiger partial charge in [0.05, 0.1) is 17.7 Å². The summed E-state index contributed by atoms with van der Waals surface area (Å²) in [7, 11) is 1.35. The Morgan fingerprint density at radius 1 is 1.22 bits per heavy atom. The second-order valence-corrected chi connectivity index (χ2v) is 9.65. The molecule has 0 spiro atoms. The quantitative estimate of drug-likeness (QED) is 0.578. The van der Waals surface area contributed by atoms with Crippen LogP contribution in [0.3, 0.4) is 0 Å². The third kappa shape index (κ3) is 3.11. The van der Waals surface area contributed by atoms with Gasteiger partial charge >= 0.3 is 5.97 Å². The highest BCUT2D eigenvalue weighted by Gasteiger charge is 2.55. The van der Waals surface area contributed by atoms with Gasteiger partial charge in [-0.15, -0.1) is 0 Å². The van der Waals surface area contributed by atoms with Crippen LogP contribution in [-0.4, -0.2) is 23.4 Å². The molecular formula is C25H24N2O4S. The average Bonchev–Trinajstić information content (AvgIpc) is 3.06. The van der Waals surface area contributed by atoms with E-state index in [9.17, 15) is 9.59 Å². The molecule has 164 valence electrons. The number of ether oxygens (including phenoxy) is 2. The Morgan fingerprint density at radius 3 is 2.62 bits per heavy atom. The van der Waals surface area contributed by atoms with E-state index in [0.29, 0.717) is 21.0 Å². The third-order valence-corrected chi connectivity index (χ3v) is 7.22. The summed E-state index contributed by atoms with van der Waals surface area (Å²) in [5, 5.41) is 0. The lowest BCUT2D eigenvalue weighted by molar-refractivity contribution is -0.158. The zero-order chi connectivity index (χ0) is 22.6. The summed E-state index contributed by atoms with van der Waals surface area (Å²) >= 11 is 1.31. The average molecular weight is 449 g/mol. The topological polar surface area (TPSA) is 69.9 Å². The molecule has 2 aliphatic heterocycles. The molecule has 2 aromatic carbocycles. The zero-order valence-electron chi connectivity index (χ0n) is 18.4. The molecule has 3 atom stereocenters. The Labute approximate surface area is 189 Å². The molecular weight excluding hydrogens is 424 g/mol. The van der Waals surface area contributed by atoms with E-state index in [0.717, 1.165) is 11.1 Å². The van der Waals surface area contributed by atoms with Crippen LogP contribution in [0.15, 0.2) is 58.3 Å². The highest BCUT2D eigenvalue weighted by atomic mass is 32.1. The first-order chi connectivity index (χ1) is 15.3. The van der Waals surface area contributed by atoms with Gasteiger partial charge in [-0.1, -0.05) is 67.6 Å². The molecule has 7 heteroatoms. The van der Waals surface area contributed by atoms with Crippen LogP contribution in [0.4, 0.5) is 0 Å². The number of carbonyl (C=O) groups excluding carboxylic acids is 1. The number of hydrogen-bond donors (Lipinski definition) is 0. The normalized spacial score (nSPS) is 23.7. The minimum Gasteiger partial charge on any atom is -0.469 e. The van der Waals surface area contributed by atoms with Crippen molar-refractivity contribution in [2.45, 2.75) is 38.5 Å². The Bertz CT molecular complexity index is 1390. The molecule has 3 aromatic rings. The summed E-state index contributed by atoms with van der Waals surface area (Å²) in [5.41, 5.74) is 1.65. The van der Waals surface area contributed by atoms with Gasteiger partial charge in [-0.2, -0.15) is 0 Å². The number of thiazole rings is 1. The van der Waals surface area contributed by atoms with Gasteiger partial charge in [-0.25, -0.2) is 4.99 Å². The van der Waals surface area contributed by atoms with Gasteiger partial charge in [0.15, 0.2) is 4.80 Å². The molecule has 1 aromatic heterocycles. The number of nitrogens with zero attached hydrogens (tertiary/aromatic N) is 2. The fourth-order valence-electron chi connectivity index (χ4n) is 4.56. The van der Waals surface area contributed by atoms with Crippen molar-refractivity contribution in [2.24, 2.45) is 10.9 Å². The summed E-state index contributed by atoms with van der Waals surface area (Å²) in [5.74, 6) is -0.143. The van der Waals surface area contributed by atoms with Crippen LogP contribution in [0, 0.1) is 5.92 Å². The van der Waals surface area contributed by atoms with Crippen LogP contribution in [0.5, 0.6) is 5.75 Å². The maximum Gasteiger partial charge on any atom is 0.317 e. The Balaban J connectivity index is 1.72. The van der Waals surface area contributed by atoms with Crippen molar-refractivity contribution >= 4 is 23.4 Å². The van der Waals surface area contributed by atoms with E-state index in [1.807, 2.05) is 42.5 Å². The van der Waals surface area contributed by atoms with E-state index in [1.165, 1.54) is 24.0 Å². The number of carbonyl (C=O) groups is 1. The molecule has 2 bridgehead atoms. The third-order valence-electron chi connectivity index (χ3n) is 6.24. The van der Waals surface area contributed by atoms with Gasteiger partial charge in [0, 0.05) is 5.56 Å². The lowest BCUT2D eigenvalue weighted by Gasteiger charge is -2.44. The number of esters is 1. The van der Waals surface area contributed by atoms with Crippen molar-refractivity contribution in [1.82, 2.24) is 4.57 Å². The van der Waals surface area contributed by atoms with Crippen molar-refractivity contribution in [3.8, 4) is 5.75 Å². The molecule has 2 unspecified atom stereocenters. The monoisotopic (exact) mass is 448 g/mol. The van der Waals surface area contributed by atoms with Gasteiger partial charge in [0.2, 0.25) is 5.72 Å². The fourth-order valence-corrected chi connectivity index (χ4v) is 5.66. The summed E-state index contributed by atoms with van der Waals surface area (Å²) in [4.78, 5) is 31.7. The number of fused-ring (bicyclic) bond motifs is 6. The van der Waals surface area contributed by atoms with Crippen molar-refractivity contribution in [3.63, 3.8) is 0 Å². The number of hydrogen-bond acceptors (Lipinski definition) is 6. The lowest BCUT2D eigenvalue weighted by Crippen LogP contribution is -2.58. The van der Waals surface area contributed by atoms with Gasteiger partial charge in [0.1, 0.15) is 11.7 Å². The second-order valence-electron chi connectivity index (χ2n) is 8.64. The number of aromatic nitrogens is 1. The second kappa shape index (κ2) is 7.45. The molecule has 2 aliphatic rings. The van der Waals surface area contributed by atoms with Gasteiger partial charge < -0.3 is 9.47 Å². The van der Waals surface area contributed by atoms with E-state index >= 15 is 0 Å². The molecule has 0 amide bonds. The molecule has 0 N–H and O–H groups in total. The van der Waals surface area contributed by atoms with Crippen LogP contribution in [0.25, 0.3) is 6.08 Å². The molecule has 0 radical (unpaired) electrons. The van der Waals surface area contributed by atoms with Crippen molar-refractivity contribution in [1.29, 1.82) is 0 Å². The van der Waals surface area contributed by atoms with Crippen LogP contribution in [0.1, 0.15) is 49.4 Å². The predicted molar refractivity (Wildman–Crippen MR) is 123 cm³/mol. The van der Waals surface area contributed by atoms with Crippen LogP contribution < -0.4 is 19.6 Å². The Hall–Kier alpha value is -3.19. The van der Waals surface area contributed by atoms with Crippen LogP contribution in [0.2, 0.25) is 0 Å². The Kier molecular flexibility index (Phi) is 4.82. The molecule has 0 fully saturated rings. The van der Waals surface area contributed by atoms with E-state index in [4.69, 9.17) is 14.5 Å². The molecule has 3 heterocycles. The minimum atomic E-state index is -1.15. The number of methoxy groups -OCH3 is 1. The zero-order valence-corrected chi connectivity index (χ0v) is 19.2. The first-order valence-electron chi connectivity index (χ1n) is 10.6. The summed E-state index contributed by atoms with van der Waals surface area (Å²) < 4.78 is 13.5. The summed E-state index contributed by atoms with van der Waals surface area (Å²) in [6, 6.07) is 15.1. The maximum atomic E-state index is 13.6. The highest BCUT2D eigenvalue weighted by Crippen LogP contribution is 2.47. The molecule has 32 heavy (non-hydrogen) atoms. The first-order valence-corrected chi connectivity index (χ1v) is 11.4. The molecule has 0 saturated heterocycles. The summed E-state index contributed by atoms with van der Waals surface area (Å²) in [6.07, 6.45) is 1.88. The molecule has 0 aliphatic carbocycles. The minimum absolute atomic E-state index is 0.167. The van der Waals surface area contributed by atoms with Crippen molar-refractivity contribution < 1.29 is 14.3 Å². The van der Waals surface area contributed by atoms with Crippen LogP contribution in [-0.2, 0) is 9.53 Å². The SMILES string of the molecule is COC(=O)C1C2c3ccccc3O[C@@]1(C)N=c1sc(=Cc3ccc(C(C)C)cc3)c(=O)n12. The van der Waals surface area contributed by atoms with Gasteiger partial charge in [-0.3, -0.25) is 14.2 Å². The smallest absolute Gasteiger partial charge is 0.317 e. The van der Waals surface area contributed by atoms with Gasteiger partial charge in [0.25, 0.3) is 5.56 Å². The van der Waals surface area contributed by atoms with E-state index in [-0.39, 0.29) is 5.56 Å². The number of benzene rings is 2. The van der Waals surface area contributed by atoms with Gasteiger partial charge in [-0.05, 0) is 36.1 Å². The molecule has 0 saturated carbocycles. The van der Waals surface area contributed by atoms with E-state index < -0.39 is 23.7 Å². The first kappa shape index (κ1) is 20.7. The fraction of sp³-hybridized carbons (Fsp3) is 0.320. The van der Waals surface area contributed by atoms with Crippen molar-refractivity contribution in [3.05, 3.63) is 84.9 Å². The molecule has 5 rings (SSSR count). The maximum absolute atomic E-state index is 13.6. The largest absolute Gasteiger partial charge is 0.469 e. The Morgan fingerprint density at radius 2 is 1.94 bits per heavy atom. The van der Waals surface area contributed by atoms with E-state index in [2.05, 4.69) is 26.0 Å². The number of para-hydroxylation sites is 1. The number of rotatable bonds is 3. The molecule has 6 nitrogen and oxygen atoms in total. The van der Waals surface area contributed by atoms with Crippen molar-refractivity contribution in [2.75, 3.05) is 7.11 Å². The summed E-state index contributed by atoms with van der Waals surface area (Å²) in [6.45, 7) is 6.07. The predicted octanol–water partition coefficient (Wildman–Crippen LogP) is 2.98. The lowest BCUT2D eigenvalue weighted by atomic mass is 9.81. The van der Waals surface area contributed by atoms with E-state index in [1.54, 1.807) is 11.5 Å². The highest BCUT2D eigenvalue weighted by molar-refractivity contribution is 7.07. The standard InChI is InChI=1S/C25H24N2O4S/c1-14(2)16-11-9-15(10-12-16)13-19-22(28)27-21-17-7-5-6-8-18(17)31-25(3,26-24(27)32-19)20(21)23(29)30-4/h5-14,20-21H,1-4H3/t20?,21?,25-/m1/s1. The van der Waals surface area contributed by atoms with Crippen LogP contribution >= 0.6 is 11.3 Å².